The Labute approximate surface area is 134 Å². The zero-order chi connectivity index (χ0) is 16.7. The number of nitrogens with two attached hydrogens (primary N) is 1. The van der Waals surface area contributed by atoms with Gasteiger partial charge < -0.3 is 0 Å². The maximum absolute atomic E-state index is 14.1. The zero-order valence-electron chi connectivity index (χ0n) is 10.7. The molecule has 2 rings (SSSR count). The summed E-state index contributed by atoms with van der Waals surface area (Å²) in [6, 6.07) is 6.83. The standard InChI is InChI=1S/C12H9BrFNO5S2/c13-7-3-1-4-8(14)11(7)12-9(21(15,16)17)5-2-6-10(12)22(18,19)20/h1-6H,(H2,15,16,17)(H,18,19,20). The van der Waals surface area contributed by atoms with Crippen molar-refractivity contribution in [2.45, 2.75) is 9.79 Å². The normalized spacial score (nSPS) is 12.4. The summed E-state index contributed by atoms with van der Waals surface area (Å²) in [5.74, 6) is -0.879. The van der Waals surface area contributed by atoms with Crippen LogP contribution in [0.3, 0.4) is 0 Å². The van der Waals surface area contributed by atoms with Crippen LogP contribution in [0.4, 0.5) is 4.39 Å². The number of rotatable bonds is 3. The lowest BCUT2D eigenvalue weighted by atomic mass is 10.1. The topological polar surface area (TPSA) is 115 Å². The molecule has 0 heterocycles. The number of benzene rings is 2. The van der Waals surface area contributed by atoms with Crippen molar-refractivity contribution in [1.82, 2.24) is 0 Å². The lowest BCUT2D eigenvalue weighted by molar-refractivity contribution is 0.483. The SMILES string of the molecule is NS(=O)(=O)c1cccc(S(=O)(=O)O)c1-c1c(F)cccc1Br. The Balaban J connectivity index is 3.08. The molecular weight excluding hydrogens is 401 g/mol. The first-order valence-corrected chi connectivity index (χ1v) is 9.39. The summed E-state index contributed by atoms with van der Waals surface area (Å²) in [6.45, 7) is 0. The number of primary sulfonamides is 1. The molecule has 0 unspecified atom stereocenters. The predicted molar refractivity (Wildman–Crippen MR) is 80.7 cm³/mol. The third-order valence-electron chi connectivity index (χ3n) is 2.79. The molecule has 10 heteroatoms. The van der Waals surface area contributed by atoms with Crippen LogP contribution in [0.25, 0.3) is 11.1 Å². The van der Waals surface area contributed by atoms with Gasteiger partial charge in [-0.05, 0) is 24.3 Å². The molecule has 0 bridgehead atoms. The minimum atomic E-state index is -4.81. The number of hydrogen-bond donors (Lipinski definition) is 2. The summed E-state index contributed by atoms with van der Waals surface area (Å²) in [4.78, 5) is -1.38. The second-order valence-corrected chi connectivity index (χ2v) is 8.02. The van der Waals surface area contributed by atoms with E-state index in [0.717, 1.165) is 24.3 Å². The van der Waals surface area contributed by atoms with Crippen LogP contribution in [0.15, 0.2) is 50.7 Å². The van der Waals surface area contributed by atoms with Crippen LogP contribution in [0, 0.1) is 5.82 Å². The second-order valence-electron chi connectivity index (χ2n) is 4.25. The zero-order valence-corrected chi connectivity index (χ0v) is 13.9. The molecule has 6 nitrogen and oxygen atoms in total. The van der Waals surface area contributed by atoms with Gasteiger partial charge in [-0.15, -0.1) is 0 Å². The Bertz CT molecular complexity index is 887. The van der Waals surface area contributed by atoms with Crippen molar-refractivity contribution < 1.29 is 25.8 Å². The van der Waals surface area contributed by atoms with Crippen LogP contribution in [-0.4, -0.2) is 21.4 Å². The predicted octanol–water partition coefficient (Wildman–Crippen LogP) is 2.15. The maximum Gasteiger partial charge on any atom is 0.295 e. The van der Waals surface area contributed by atoms with Crippen molar-refractivity contribution in [3.05, 3.63) is 46.7 Å². The van der Waals surface area contributed by atoms with Crippen molar-refractivity contribution in [1.29, 1.82) is 0 Å². The molecule has 0 aliphatic rings. The summed E-state index contributed by atoms with van der Waals surface area (Å²) in [7, 11) is -9.17. The fourth-order valence-corrected chi connectivity index (χ4v) is 4.04. The third kappa shape index (κ3) is 3.20. The molecule has 0 saturated heterocycles. The highest BCUT2D eigenvalue weighted by atomic mass is 79.9. The first-order valence-electron chi connectivity index (χ1n) is 5.61. The molecule has 0 aliphatic heterocycles. The molecule has 22 heavy (non-hydrogen) atoms. The molecule has 0 aliphatic carbocycles. The monoisotopic (exact) mass is 409 g/mol. The fourth-order valence-electron chi connectivity index (χ4n) is 1.95. The molecule has 0 amide bonds. The summed E-state index contributed by atoms with van der Waals surface area (Å²) >= 11 is 3.03. The summed E-state index contributed by atoms with van der Waals surface area (Å²) in [5, 5.41) is 5.07. The molecule has 3 N–H and O–H groups in total. The van der Waals surface area contributed by atoms with Gasteiger partial charge in [-0.25, -0.2) is 17.9 Å². The van der Waals surface area contributed by atoms with E-state index < -0.39 is 41.3 Å². The summed E-state index contributed by atoms with van der Waals surface area (Å²) in [5.41, 5.74) is -0.864. The van der Waals surface area contributed by atoms with E-state index in [4.69, 9.17) is 5.14 Å². The minimum absolute atomic E-state index is 0.105. The quantitative estimate of drug-likeness (QED) is 0.753. The molecule has 0 aromatic heterocycles. The molecular formula is C12H9BrFNO5S2. The van der Waals surface area contributed by atoms with Gasteiger partial charge in [-0.3, -0.25) is 4.55 Å². The van der Waals surface area contributed by atoms with E-state index in [0.29, 0.717) is 0 Å². The van der Waals surface area contributed by atoms with Gasteiger partial charge in [0.2, 0.25) is 10.0 Å². The molecule has 0 spiro atoms. The van der Waals surface area contributed by atoms with Gasteiger partial charge in [0, 0.05) is 15.6 Å². The largest absolute Gasteiger partial charge is 0.295 e. The van der Waals surface area contributed by atoms with Gasteiger partial charge in [-0.1, -0.05) is 28.1 Å². The van der Waals surface area contributed by atoms with E-state index >= 15 is 0 Å². The fraction of sp³-hybridized carbons (Fsp3) is 0. The van der Waals surface area contributed by atoms with Crippen LogP contribution < -0.4 is 5.14 Å². The number of halogens is 2. The van der Waals surface area contributed by atoms with Gasteiger partial charge in [0.15, 0.2) is 0 Å². The summed E-state index contributed by atoms with van der Waals surface area (Å²) in [6.07, 6.45) is 0. The lowest BCUT2D eigenvalue weighted by Crippen LogP contribution is -2.15. The van der Waals surface area contributed by atoms with E-state index in [9.17, 15) is 25.8 Å². The van der Waals surface area contributed by atoms with Gasteiger partial charge in [-0.2, -0.15) is 8.42 Å². The van der Waals surface area contributed by atoms with E-state index in [1.54, 1.807) is 0 Å². The highest BCUT2D eigenvalue weighted by Crippen LogP contribution is 2.38. The van der Waals surface area contributed by atoms with Gasteiger partial charge >= 0.3 is 0 Å². The third-order valence-corrected chi connectivity index (χ3v) is 5.30. The Morgan fingerprint density at radius 3 is 2.00 bits per heavy atom. The van der Waals surface area contributed by atoms with Crippen molar-refractivity contribution in [2.24, 2.45) is 5.14 Å². The maximum atomic E-state index is 14.1. The van der Waals surface area contributed by atoms with Gasteiger partial charge in [0.05, 0.1) is 4.90 Å². The minimum Gasteiger partial charge on any atom is -0.282 e. The first-order chi connectivity index (χ1) is 10.0. The molecule has 118 valence electrons. The first kappa shape index (κ1) is 17.0. The Hall–Kier alpha value is -1.33. The Kier molecular flexibility index (Phi) is 4.42. The average Bonchev–Trinajstić information content (AvgIpc) is 2.36. The molecule has 0 atom stereocenters. The van der Waals surface area contributed by atoms with Crippen molar-refractivity contribution in [2.75, 3.05) is 0 Å². The van der Waals surface area contributed by atoms with Crippen LogP contribution in [0.2, 0.25) is 0 Å². The Morgan fingerprint density at radius 1 is 0.955 bits per heavy atom. The molecule has 0 saturated carbocycles. The molecule has 2 aromatic carbocycles. The molecule has 0 radical (unpaired) electrons. The Morgan fingerprint density at radius 2 is 1.50 bits per heavy atom. The lowest BCUT2D eigenvalue weighted by Gasteiger charge is -2.14. The van der Waals surface area contributed by atoms with Crippen LogP contribution in [0.5, 0.6) is 0 Å². The van der Waals surface area contributed by atoms with E-state index in [1.807, 2.05) is 0 Å². The number of sulfonamides is 1. The van der Waals surface area contributed by atoms with E-state index in [-0.39, 0.29) is 10.0 Å². The number of hydrogen-bond acceptors (Lipinski definition) is 4. The van der Waals surface area contributed by atoms with Crippen molar-refractivity contribution in [3.8, 4) is 11.1 Å². The molecule has 2 aromatic rings. The van der Waals surface area contributed by atoms with Crippen LogP contribution >= 0.6 is 15.9 Å². The van der Waals surface area contributed by atoms with Crippen molar-refractivity contribution in [3.63, 3.8) is 0 Å². The van der Waals surface area contributed by atoms with E-state index in [1.165, 1.54) is 12.1 Å². The van der Waals surface area contributed by atoms with Crippen molar-refractivity contribution >= 4 is 36.1 Å². The molecule has 0 fully saturated rings. The van der Waals surface area contributed by atoms with Gasteiger partial charge in [0.1, 0.15) is 10.7 Å². The summed E-state index contributed by atoms with van der Waals surface area (Å²) < 4.78 is 69.9. The van der Waals surface area contributed by atoms with Gasteiger partial charge in [0.25, 0.3) is 10.1 Å². The highest BCUT2D eigenvalue weighted by molar-refractivity contribution is 9.10. The van der Waals surface area contributed by atoms with Crippen LogP contribution in [-0.2, 0) is 20.1 Å². The highest BCUT2D eigenvalue weighted by Gasteiger charge is 2.27. The average molecular weight is 410 g/mol. The second kappa shape index (κ2) is 5.70. The smallest absolute Gasteiger partial charge is 0.282 e. The van der Waals surface area contributed by atoms with Crippen LogP contribution in [0.1, 0.15) is 0 Å². The van der Waals surface area contributed by atoms with E-state index in [2.05, 4.69) is 15.9 Å².